The molecule has 0 fully saturated rings. The van der Waals surface area contributed by atoms with Crippen molar-refractivity contribution in [3.63, 3.8) is 0 Å². The maximum absolute atomic E-state index is 2.56. The van der Waals surface area contributed by atoms with Gasteiger partial charge < -0.3 is 0 Å². The van der Waals surface area contributed by atoms with E-state index in [0.717, 1.165) is 0 Å². The van der Waals surface area contributed by atoms with Crippen molar-refractivity contribution in [3.05, 3.63) is 60.7 Å². The van der Waals surface area contributed by atoms with Gasteiger partial charge in [0, 0.05) is 0 Å². The summed E-state index contributed by atoms with van der Waals surface area (Å²) >= 11 is -0.261. The summed E-state index contributed by atoms with van der Waals surface area (Å²) in [7, 11) is -2.36. The Morgan fingerprint density at radius 2 is 0.952 bits per heavy atom. The fourth-order valence-electron chi connectivity index (χ4n) is 2.67. The van der Waals surface area contributed by atoms with E-state index in [1.165, 1.54) is 0 Å². The van der Waals surface area contributed by atoms with E-state index >= 15 is 0 Å². The second-order valence-corrected chi connectivity index (χ2v) is 24.0. The van der Waals surface area contributed by atoms with Crippen LogP contribution in [0.3, 0.4) is 0 Å². The molecule has 0 aliphatic rings. The van der Waals surface area contributed by atoms with Crippen molar-refractivity contribution in [1.82, 2.24) is 0 Å². The van der Waals surface area contributed by atoms with Gasteiger partial charge in [-0.2, -0.15) is 0 Å². The van der Waals surface area contributed by atoms with E-state index in [1.807, 2.05) is 0 Å². The summed E-state index contributed by atoms with van der Waals surface area (Å²) in [6, 6.07) is 22.5. The zero-order valence-electron chi connectivity index (χ0n) is 13.7. The molecule has 2 aromatic carbocycles. The van der Waals surface area contributed by atoms with Crippen molar-refractivity contribution in [3.8, 4) is 0 Å². The van der Waals surface area contributed by atoms with Crippen LogP contribution >= 0.6 is 0 Å². The zero-order valence-corrected chi connectivity index (χ0v) is 18.5. The van der Waals surface area contributed by atoms with Crippen molar-refractivity contribution < 1.29 is 0 Å². The summed E-state index contributed by atoms with van der Waals surface area (Å²) < 4.78 is 3.15. The molecule has 2 aromatic rings. The van der Waals surface area contributed by atoms with E-state index in [4.69, 9.17) is 0 Å². The second-order valence-electron chi connectivity index (χ2n) is 7.10. The molecule has 110 valence electrons. The predicted octanol–water partition coefficient (Wildman–Crippen LogP) is 3.84. The topological polar surface area (TPSA) is 0 Å². The Bertz CT molecular complexity index is 498. The van der Waals surface area contributed by atoms with Crippen LogP contribution in [0.4, 0.5) is 0 Å². The van der Waals surface area contributed by atoms with Gasteiger partial charge in [-0.3, -0.25) is 0 Å². The molecule has 0 aromatic heterocycles. The van der Waals surface area contributed by atoms with Crippen LogP contribution in [-0.4, -0.2) is 37.3 Å². The van der Waals surface area contributed by atoms with Crippen LogP contribution < -0.4 is 10.4 Å². The first-order chi connectivity index (χ1) is 9.92. The van der Waals surface area contributed by atoms with Crippen molar-refractivity contribution in [1.29, 1.82) is 0 Å². The molecule has 0 spiro atoms. The van der Waals surface area contributed by atoms with E-state index in [-0.39, 0.29) is 21.1 Å². The van der Waals surface area contributed by atoms with Crippen LogP contribution in [0.2, 0.25) is 34.3 Å². The molecule has 0 amide bonds. The van der Waals surface area contributed by atoms with Gasteiger partial charge in [0.1, 0.15) is 0 Å². The summed E-state index contributed by atoms with van der Waals surface area (Å²) in [5.74, 6) is 0. The average molecular weight is 417 g/mol. The molecule has 21 heavy (non-hydrogen) atoms. The minimum absolute atomic E-state index is 0.261. The quantitative estimate of drug-likeness (QED) is 0.627. The Labute approximate surface area is 142 Å². The van der Waals surface area contributed by atoms with Gasteiger partial charge in [-0.1, -0.05) is 0 Å². The molecule has 0 heterocycles. The Morgan fingerprint density at radius 3 is 1.29 bits per heavy atom. The standard InChI is InChI=1S/2C9H13Si.Sn/c2*1-10(2,3)9-7-5-4-6-8-9;/h2*4-8H,1H2,2-3H3;. The third kappa shape index (κ3) is 4.83. The van der Waals surface area contributed by atoms with E-state index in [2.05, 4.69) is 86.9 Å². The summed E-state index contributed by atoms with van der Waals surface area (Å²) in [5, 5.41) is 3.29. The molecule has 0 saturated heterocycles. The van der Waals surface area contributed by atoms with Crippen molar-refractivity contribution in [2.24, 2.45) is 0 Å². The van der Waals surface area contributed by atoms with Crippen LogP contribution in [0.25, 0.3) is 0 Å². The average Bonchev–Trinajstić information content (AvgIpc) is 2.49. The molecule has 2 rings (SSSR count). The normalized spacial score (nSPS) is 12.4. The molecule has 3 heteroatoms. The first-order valence-corrected chi connectivity index (χ1v) is 18.2. The molecule has 0 aliphatic heterocycles. The minimum atomic E-state index is -1.18. The summed E-state index contributed by atoms with van der Waals surface area (Å²) in [5.41, 5.74) is 0. The molecule has 0 unspecified atom stereocenters. The molecular weight excluding hydrogens is 391 g/mol. The van der Waals surface area contributed by atoms with Gasteiger partial charge in [-0.25, -0.2) is 0 Å². The summed E-state index contributed by atoms with van der Waals surface area (Å²) in [6.07, 6.45) is 0. The number of benzene rings is 2. The van der Waals surface area contributed by atoms with E-state index in [1.54, 1.807) is 18.5 Å². The van der Waals surface area contributed by atoms with Crippen LogP contribution in [0, 0.1) is 0 Å². The first kappa shape index (κ1) is 17.0. The predicted molar refractivity (Wildman–Crippen MR) is 102 cm³/mol. The Balaban J connectivity index is 1.95. The molecular formula is C18H26Si2Sn. The Morgan fingerprint density at radius 1 is 0.619 bits per heavy atom. The monoisotopic (exact) mass is 418 g/mol. The van der Waals surface area contributed by atoms with Gasteiger partial charge in [0.15, 0.2) is 0 Å². The van der Waals surface area contributed by atoms with Gasteiger partial charge in [-0.15, -0.1) is 0 Å². The molecule has 0 saturated carbocycles. The molecule has 0 atom stereocenters. The SMILES string of the molecule is C[Si](C)([CH2][Sn][CH2][Si](C)(C)c1ccccc1)c1ccccc1. The van der Waals surface area contributed by atoms with Gasteiger partial charge in [0.25, 0.3) is 0 Å². The van der Waals surface area contributed by atoms with Crippen LogP contribution in [0.5, 0.6) is 0 Å². The van der Waals surface area contributed by atoms with Gasteiger partial charge in [0.2, 0.25) is 0 Å². The zero-order chi connectivity index (χ0) is 15.3. The number of hydrogen-bond donors (Lipinski definition) is 0. The molecule has 0 nitrogen and oxygen atoms in total. The fourth-order valence-corrected chi connectivity index (χ4v) is 24.4. The molecule has 0 N–H and O–H groups in total. The van der Waals surface area contributed by atoms with Crippen molar-refractivity contribution in [2.45, 2.75) is 34.3 Å². The van der Waals surface area contributed by atoms with E-state index in [0.29, 0.717) is 0 Å². The Kier molecular flexibility index (Phi) is 5.91. The third-order valence-corrected chi connectivity index (χ3v) is 29.7. The second kappa shape index (κ2) is 7.29. The van der Waals surface area contributed by atoms with Gasteiger partial charge in [0.05, 0.1) is 0 Å². The van der Waals surface area contributed by atoms with Crippen molar-refractivity contribution in [2.75, 3.05) is 0 Å². The molecule has 0 aliphatic carbocycles. The van der Waals surface area contributed by atoms with E-state index in [9.17, 15) is 0 Å². The molecule has 0 bridgehead atoms. The summed E-state index contributed by atoms with van der Waals surface area (Å²) in [6.45, 7) is 10.2. The van der Waals surface area contributed by atoms with Gasteiger partial charge in [-0.05, 0) is 0 Å². The van der Waals surface area contributed by atoms with Crippen LogP contribution in [-0.2, 0) is 0 Å². The number of rotatable bonds is 6. The fraction of sp³-hybridized carbons (Fsp3) is 0.333. The maximum atomic E-state index is 2.56. The van der Waals surface area contributed by atoms with Gasteiger partial charge >= 0.3 is 143 Å². The van der Waals surface area contributed by atoms with Crippen molar-refractivity contribution >= 4 is 47.7 Å². The Hall–Kier alpha value is -0.328. The number of hydrogen-bond acceptors (Lipinski definition) is 0. The van der Waals surface area contributed by atoms with E-state index < -0.39 is 16.1 Å². The summed E-state index contributed by atoms with van der Waals surface area (Å²) in [4.78, 5) is 0. The van der Waals surface area contributed by atoms with Crippen LogP contribution in [0.15, 0.2) is 60.7 Å². The van der Waals surface area contributed by atoms with Crippen LogP contribution in [0.1, 0.15) is 0 Å². The first-order valence-electron chi connectivity index (χ1n) is 7.74. The third-order valence-electron chi connectivity index (χ3n) is 4.24. The molecule has 2 radical (unpaired) electrons.